The number of benzene rings is 1. The second-order valence-corrected chi connectivity index (χ2v) is 7.56. The van der Waals surface area contributed by atoms with Crippen LogP contribution in [0.5, 0.6) is 0 Å². The Morgan fingerprint density at radius 1 is 1.14 bits per heavy atom. The molecular formula is C21H18F2N4O. The highest BCUT2D eigenvalue weighted by Crippen LogP contribution is 2.48. The number of halogens is 2. The molecule has 4 aromatic rings. The maximum Gasteiger partial charge on any atom is 0.248 e. The van der Waals surface area contributed by atoms with Crippen LogP contribution in [0.25, 0.3) is 33.2 Å². The van der Waals surface area contributed by atoms with E-state index < -0.39 is 17.9 Å². The third-order valence-electron chi connectivity index (χ3n) is 5.39. The smallest absolute Gasteiger partial charge is 0.248 e. The molecule has 1 fully saturated rings. The van der Waals surface area contributed by atoms with Gasteiger partial charge in [0.1, 0.15) is 0 Å². The third kappa shape index (κ3) is 2.92. The average Bonchev–Trinajstić information content (AvgIpc) is 3.03. The molecule has 3 heterocycles. The molecule has 1 atom stereocenters. The summed E-state index contributed by atoms with van der Waals surface area (Å²) < 4.78 is 27.9. The predicted octanol–water partition coefficient (Wildman–Crippen LogP) is 4.26. The Hall–Kier alpha value is -2.93. The van der Waals surface area contributed by atoms with Crippen LogP contribution in [0.3, 0.4) is 0 Å². The number of hydrogen-bond donors (Lipinski definition) is 1. The molecule has 1 aliphatic rings. The minimum atomic E-state index is -2.64. The standard InChI is InChI=1S/C21H18F2N4O/c1-27-11-15-7-14(10-24-20(15)26-27)18-4-2-12-6-13(3-5-17(12)25-18)19(28)16-8-21(22,23)9-16/h2-7,10-11,16,19,28H,8-9H2,1H3/t19-/m1/s1. The normalized spacial score (nSPS) is 17.7. The summed E-state index contributed by atoms with van der Waals surface area (Å²) >= 11 is 0. The first-order chi connectivity index (χ1) is 13.4. The van der Waals surface area contributed by atoms with Gasteiger partial charge in [-0.15, -0.1) is 0 Å². The zero-order valence-electron chi connectivity index (χ0n) is 15.2. The number of aliphatic hydroxyl groups is 1. The fraction of sp³-hybridized carbons (Fsp3) is 0.286. The molecule has 1 saturated carbocycles. The van der Waals surface area contributed by atoms with Gasteiger partial charge in [0.15, 0.2) is 5.65 Å². The number of hydrogen-bond acceptors (Lipinski definition) is 4. The molecule has 0 radical (unpaired) electrons. The van der Waals surface area contributed by atoms with Crippen molar-refractivity contribution in [2.75, 3.05) is 0 Å². The molecule has 0 bridgehead atoms. The van der Waals surface area contributed by atoms with Crippen LogP contribution in [0.15, 0.2) is 48.8 Å². The van der Waals surface area contributed by atoms with Gasteiger partial charge in [0.25, 0.3) is 0 Å². The summed E-state index contributed by atoms with van der Waals surface area (Å²) in [7, 11) is 1.85. The van der Waals surface area contributed by atoms with E-state index in [4.69, 9.17) is 4.98 Å². The van der Waals surface area contributed by atoms with E-state index in [0.29, 0.717) is 11.2 Å². The highest BCUT2D eigenvalue weighted by atomic mass is 19.3. The van der Waals surface area contributed by atoms with E-state index >= 15 is 0 Å². The van der Waals surface area contributed by atoms with Crippen LogP contribution in [0.4, 0.5) is 8.78 Å². The number of alkyl halides is 2. The molecule has 1 N–H and O–H groups in total. The molecular weight excluding hydrogens is 362 g/mol. The molecule has 1 aliphatic carbocycles. The number of fused-ring (bicyclic) bond motifs is 2. The summed E-state index contributed by atoms with van der Waals surface area (Å²) in [5, 5.41) is 16.5. The Bertz CT molecular complexity index is 1200. The van der Waals surface area contributed by atoms with Crippen LogP contribution in [-0.4, -0.2) is 30.8 Å². The van der Waals surface area contributed by atoms with Crippen LogP contribution in [0.2, 0.25) is 0 Å². The van der Waals surface area contributed by atoms with Crippen LogP contribution in [0.1, 0.15) is 24.5 Å². The number of aliphatic hydroxyl groups excluding tert-OH is 1. The van der Waals surface area contributed by atoms with Crippen LogP contribution < -0.4 is 0 Å². The third-order valence-corrected chi connectivity index (χ3v) is 5.39. The molecule has 7 heteroatoms. The second kappa shape index (κ2) is 6.04. The van der Waals surface area contributed by atoms with Gasteiger partial charge >= 0.3 is 0 Å². The number of aryl methyl sites for hydroxylation is 1. The van der Waals surface area contributed by atoms with Crippen molar-refractivity contribution < 1.29 is 13.9 Å². The first-order valence-electron chi connectivity index (χ1n) is 9.14. The van der Waals surface area contributed by atoms with Gasteiger partial charge in [0, 0.05) is 54.5 Å². The maximum absolute atomic E-state index is 13.1. The predicted molar refractivity (Wildman–Crippen MR) is 102 cm³/mol. The van der Waals surface area contributed by atoms with Crippen molar-refractivity contribution in [3.05, 3.63) is 54.4 Å². The molecule has 28 heavy (non-hydrogen) atoms. The summed E-state index contributed by atoms with van der Waals surface area (Å²) in [6, 6.07) is 11.2. The van der Waals surface area contributed by atoms with E-state index in [9.17, 15) is 13.9 Å². The Morgan fingerprint density at radius 3 is 2.75 bits per heavy atom. The monoisotopic (exact) mass is 380 g/mol. The lowest BCUT2D eigenvalue weighted by Gasteiger charge is -2.38. The van der Waals surface area contributed by atoms with Gasteiger partial charge in [-0.25, -0.2) is 18.7 Å². The Kier molecular flexibility index (Phi) is 3.71. The lowest BCUT2D eigenvalue weighted by Crippen LogP contribution is -2.38. The fourth-order valence-corrected chi connectivity index (χ4v) is 3.86. The van der Waals surface area contributed by atoms with Crippen LogP contribution in [0, 0.1) is 5.92 Å². The molecule has 0 unspecified atom stereocenters. The van der Waals surface area contributed by atoms with E-state index in [1.54, 1.807) is 16.9 Å². The van der Waals surface area contributed by atoms with Crippen molar-refractivity contribution in [1.29, 1.82) is 0 Å². The van der Waals surface area contributed by atoms with Gasteiger partial charge in [0.05, 0.1) is 17.3 Å². The highest BCUT2D eigenvalue weighted by Gasteiger charge is 2.48. The maximum atomic E-state index is 13.1. The molecule has 5 nitrogen and oxygen atoms in total. The van der Waals surface area contributed by atoms with Crippen molar-refractivity contribution in [3.8, 4) is 11.3 Å². The van der Waals surface area contributed by atoms with Crippen molar-refractivity contribution in [3.63, 3.8) is 0 Å². The van der Waals surface area contributed by atoms with Crippen molar-refractivity contribution >= 4 is 21.9 Å². The SMILES string of the molecule is Cn1cc2cc(-c3ccc4cc([C@@H](O)C5CC(F)(F)C5)ccc4n3)cnc2n1. The lowest BCUT2D eigenvalue weighted by molar-refractivity contribution is -0.142. The van der Waals surface area contributed by atoms with Crippen LogP contribution >= 0.6 is 0 Å². The number of aromatic nitrogens is 4. The summed E-state index contributed by atoms with van der Waals surface area (Å²) in [6.07, 6.45) is 2.27. The molecule has 142 valence electrons. The zero-order valence-corrected chi connectivity index (χ0v) is 15.2. The van der Waals surface area contributed by atoms with Gasteiger partial charge in [-0.2, -0.15) is 5.10 Å². The Balaban J connectivity index is 1.46. The lowest BCUT2D eigenvalue weighted by atomic mass is 9.75. The van der Waals surface area contributed by atoms with Crippen molar-refractivity contribution in [2.24, 2.45) is 13.0 Å². The fourth-order valence-electron chi connectivity index (χ4n) is 3.86. The molecule has 0 amide bonds. The molecule has 5 rings (SSSR count). The van der Waals surface area contributed by atoms with Crippen molar-refractivity contribution in [1.82, 2.24) is 19.7 Å². The first kappa shape index (κ1) is 17.2. The quantitative estimate of drug-likeness (QED) is 0.577. The molecule has 0 spiro atoms. The van der Waals surface area contributed by atoms with E-state index in [1.807, 2.05) is 43.6 Å². The minimum absolute atomic E-state index is 0.257. The summed E-state index contributed by atoms with van der Waals surface area (Å²) in [5.74, 6) is -3.03. The highest BCUT2D eigenvalue weighted by molar-refractivity contribution is 5.84. The molecule has 0 aliphatic heterocycles. The summed E-state index contributed by atoms with van der Waals surface area (Å²) in [5.41, 5.74) is 3.80. The average molecular weight is 380 g/mol. The van der Waals surface area contributed by atoms with E-state index in [1.165, 1.54) is 0 Å². The number of nitrogens with zero attached hydrogens (tertiary/aromatic N) is 4. The van der Waals surface area contributed by atoms with Crippen molar-refractivity contribution in [2.45, 2.75) is 24.9 Å². The van der Waals surface area contributed by atoms with E-state index in [-0.39, 0.29) is 12.8 Å². The van der Waals surface area contributed by atoms with Gasteiger partial charge in [-0.3, -0.25) is 4.68 Å². The number of rotatable bonds is 3. The van der Waals surface area contributed by atoms with Gasteiger partial charge in [-0.1, -0.05) is 12.1 Å². The zero-order chi connectivity index (χ0) is 19.5. The topological polar surface area (TPSA) is 63.8 Å². The van der Waals surface area contributed by atoms with Gasteiger partial charge in [0.2, 0.25) is 5.92 Å². The largest absolute Gasteiger partial charge is 0.388 e. The summed E-state index contributed by atoms with van der Waals surface area (Å²) in [4.78, 5) is 9.07. The Morgan fingerprint density at radius 2 is 1.96 bits per heavy atom. The van der Waals surface area contributed by atoms with Gasteiger partial charge in [-0.05, 0) is 29.8 Å². The Labute approximate surface area is 159 Å². The van der Waals surface area contributed by atoms with Crippen LogP contribution in [-0.2, 0) is 7.05 Å². The number of pyridine rings is 2. The minimum Gasteiger partial charge on any atom is -0.388 e. The van der Waals surface area contributed by atoms with Gasteiger partial charge < -0.3 is 5.11 Å². The second-order valence-electron chi connectivity index (χ2n) is 7.56. The molecule has 1 aromatic carbocycles. The molecule has 3 aromatic heterocycles. The van der Waals surface area contributed by atoms with E-state index in [0.717, 1.165) is 27.5 Å². The molecule has 0 saturated heterocycles. The van der Waals surface area contributed by atoms with E-state index in [2.05, 4.69) is 10.1 Å². The first-order valence-corrected chi connectivity index (χ1v) is 9.14. The summed E-state index contributed by atoms with van der Waals surface area (Å²) in [6.45, 7) is 0.